The minimum absolute atomic E-state index is 0.229. The van der Waals surface area contributed by atoms with Crippen LogP contribution in [-0.4, -0.2) is 4.98 Å². The second kappa shape index (κ2) is 4.36. The average molecular weight is 322 g/mol. The number of halogens is 2. The van der Waals surface area contributed by atoms with Crippen LogP contribution < -0.4 is 11.2 Å². The highest BCUT2D eigenvalue weighted by atomic mass is 35.5. The zero-order valence-corrected chi connectivity index (χ0v) is 12.3. The maximum atomic E-state index is 12.4. The highest BCUT2D eigenvalue weighted by Gasteiger charge is 2.24. The molecule has 0 amide bonds. The molecular weight excluding hydrogens is 313 g/mol. The fourth-order valence-corrected chi connectivity index (χ4v) is 3.52. The number of aromatic amines is 1. The minimum atomic E-state index is -0.391. The molecule has 0 bridgehead atoms. The van der Waals surface area contributed by atoms with Crippen LogP contribution in [0.25, 0.3) is 21.9 Å². The van der Waals surface area contributed by atoms with Crippen molar-refractivity contribution in [1.29, 1.82) is 0 Å². The summed E-state index contributed by atoms with van der Waals surface area (Å²) in [5.74, 6) is 0. The van der Waals surface area contributed by atoms with Crippen LogP contribution in [0.1, 0.15) is 17.5 Å². The van der Waals surface area contributed by atoms with E-state index in [2.05, 4.69) is 4.98 Å². The summed E-state index contributed by atoms with van der Waals surface area (Å²) in [6.07, 6.45) is 2.19. The van der Waals surface area contributed by atoms with Gasteiger partial charge in [0.1, 0.15) is 0 Å². The summed E-state index contributed by atoms with van der Waals surface area (Å²) in [7, 11) is 0. The number of rotatable bonds is 0. The van der Waals surface area contributed by atoms with Crippen molar-refractivity contribution >= 4 is 45.1 Å². The molecule has 0 unspecified atom stereocenters. The summed E-state index contributed by atoms with van der Waals surface area (Å²) < 4.78 is 5.42. The number of H-pyrrole nitrogens is 1. The predicted octanol–water partition coefficient (Wildman–Crippen LogP) is 3.43. The topological polar surface area (TPSA) is 63.1 Å². The molecule has 0 aliphatic heterocycles. The number of fused-ring (bicyclic) bond motifs is 5. The quantitative estimate of drug-likeness (QED) is 0.645. The highest BCUT2D eigenvalue weighted by Crippen LogP contribution is 2.34. The molecule has 0 saturated carbocycles. The zero-order valence-electron chi connectivity index (χ0n) is 10.8. The van der Waals surface area contributed by atoms with Crippen molar-refractivity contribution < 1.29 is 4.42 Å². The van der Waals surface area contributed by atoms with Gasteiger partial charge in [0.05, 0.1) is 26.3 Å². The van der Waals surface area contributed by atoms with E-state index in [1.807, 2.05) is 0 Å². The number of aryl methyl sites for hydroxylation is 1. The van der Waals surface area contributed by atoms with Crippen molar-refractivity contribution in [3.05, 3.63) is 54.1 Å². The molecule has 0 atom stereocenters. The fraction of sp³-hybridized carbons (Fsp3) is 0.200. The second-order valence-corrected chi connectivity index (χ2v) is 5.95. The minimum Gasteiger partial charge on any atom is -0.422 e. The molecule has 1 aromatic carbocycles. The monoisotopic (exact) mass is 321 g/mol. The van der Waals surface area contributed by atoms with E-state index < -0.39 is 5.63 Å². The fourth-order valence-electron chi connectivity index (χ4n) is 3.08. The summed E-state index contributed by atoms with van der Waals surface area (Å²) in [5.41, 5.74) is 1.31. The third-order valence-corrected chi connectivity index (χ3v) is 4.61. The lowest BCUT2D eigenvalue weighted by Gasteiger charge is -2.08. The third kappa shape index (κ3) is 1.69. The van der Waals surface area contributed by atoms with Crippen LogP contribution >= 0.6 is 23.2 Å². The third-order valence-electron chi connectivity index (χ3n) is 3.98. The van der Waals surface area contributed by atoms with Gasteiger partial charge in [0, 0.05) is 5.56 Å². The van der Waals surface area contributed by atoms with Gasteiger partial charge in [-0.3, -0.25) is 4.79 Å². The van der Waals surface area contributed by atoms with Crippen molar-refractivity contribution in [2.75, 3.05) is 0 Å². The Morgan fingerprint density at radius 3 is 2.52 bits per heavy atom. The van der Waals surface area contributed by atoms with Crippen LogP contribution in [-0.2, 0) is 12.8 Å². The largest absolute Gasteiger partial charge is 0.422 e. The molecule has 2 heterocycles. The lowest BCUT2D eigenvalue weighted by Crippen LogP contribution is -2.14. The van der Waals surface area contributed by atoms with Crippen LogP contribution in [0.4, 0.5) is 0 Å². The summed E-state index contributed by atoms with van der Waals surface area (Å²) >= 11 is 12.3. The molecule has 0 fully saturated rings. The van der Waals surface area contributed by atoms with Gasteiger partial charge in [0.25, 0.3) is 5.56 Å². The molecule has 0 spiro atoms. The van der Waals surface area contributed by atoms with Gasteiger partial charge in [0.15, 0.2) is 5.58 Å². The van der Waals surface area contributed by atoms with Gasteiger partial charge in [0.2, 0.25) is 0 Å². The molecule has 0 radical (unpaired) electrons. The van der Waals surface area contributed by atoms with Gasteiger partial charge in [-0.15, -0.1) is 0 Å². The predicted molar refractivity (Wildman–Crippen MR) is 82.7 cm³/mol. The van der Waals surface area contributed by atoms with Crippen molar-refractivity contribution in [3.63, 3.8) is 0 Å². The van der Waals surface area contributed by atoms with Crippen LogP contribution in [0.5, 0.6) is 0 Å². The number of pyridine rings is 1. The van der Waals surface area contributed by atoms with Crippen molar-refractivity contribution in [3.8, 4) is 0 Å². The maximum Gasteiger partial charge on any atom is 0.339 e. The molecule has 0 saturated heterocycles. The number of aromatic nitrogens is 1. The summed E-state index contributed by atoms with van der Waals surface area (Å²) in [4.78, 5) is 27.3. The maximum absolute atomic E-state index is 12.4. The summed E-state index contributed by atoms with van der Waals surface area (Å²) in [6, 6.07) is 3.22. The highest BCUT2D eigenvalue weighted by molar-refractivity contribution is 6.41. The molecular formula is C15H9Cl2NO3. The van der Waals surface area contributed by atoms with Gasteiger partial charge < -0.3 is 9.40 Å². The smallest absolute Gasteiger partial charge is 0.339 e. The first kappa shape index (κ1) is 12.9. The Hall–Kier alpha value is -1.78. The summed E-state index contributed by atoms with van der Waals surface area (Å²) in [6.45, 7) is 0. The molecule has 4 rings (SSSR count). The van der Waals surface area contributed by atoms with Crippen LogP contribution in [0.15, 0.2) is 26.1 Å². The molecule has 1 aliphatic carbocycles. The molecule has 106 valence electrons. The van der Waals surface area contributed by atoms with E-state index in [1.54, 1.807) is 12.1 Å². The Balaban J connectivity index is 2.38. The van der Waals surface area contributed by atoms with Crippen LogP contribution in [0.3, 0.4) is 0 Å². The Labute approximate surface area is 128 Å². The van der Waals surface area contributed by atoms with Crippen molar-refractivity contribution in [2.45, 2.75) is 19.3 Å². The Kier molecular flexibility index (Phi) is 2.68. The van der Waals surface area contributed by atoms with Crippen LogP contribution in [0.2, 0.25) is 10.0 Å². The standard InChI is InChI=1S/C15H9Cl2NO3/c16-8-4-5-9(17)12-11(8)13-10(14(19)18-12)6-2-1-3-7(6)15(20)21-13/h4-5H,1-3H2,(H,18,19). The molecule has 6 heteroatoms. The molecule has 21 heavy (non-hydrogen) atoms. The molecule has 3 aromatic rings. The molecule has 2 aromatic heterocycles. The van der Waals surface area contributed by atoms with Gasteiger partial charge in [-0.25, -0.2) is 4.79 Å². The van der Waals surface area contributed by atoms with Crippen LogP contribution in [0, 0.1) is 0 Å². The van der Waals surface area contributed by atoms with E-state index >= 15 is 0 Å². The number of benzene rings is 1. The van der Waals surface area contributed by atoms with E-state index in [0.717, 1.165) is 12.0 Å². The van der Waals surface area contributed by atoms with E-state index in [-0.39, 0.29) is 11.1 Å². The lowest BCUT2D eigenvalue weighted by atomic mass is 10.1. The first-order valence-corrected chi connectivity index (χ1v) is 7.32. The average Bonchev–Trinajstić information content (AvgIpc) is 2.92. The molecule has 4 nitrogen and oxygen atoms in total. The number of hydrogen-bond acceptors (Lipinski definition) is 3. The van der Waals surface area contributed by atoms with Gasteiger partial charge in [-0.05, 0) is 37.0 Å². The Morgan fingerprint density at radius 2 is 1.71 bits per heavy atom. The number of hydrogen-bond donors (Lipinski definition) is 1. The van der Waals surface area contributed by atoms with E-state index in [9.17, 15) is 9.59 Å². The first-order valence-electron chi connectivity index (χ1n) is 6.56. The van der Waals surface area contributed by atoms with E-state index in [1.165, 1.54) is 0 Å². The van der Waals surface area contributed by atoms with Crippen molar-refractivity contribution in [2.24, 2.45) is 0 Å². The normalized spacial score (nSPS) is 14.0. The zero-order chi connectivity index (χ0) is 14.7. The lowest BCUT2D eigenvalue weighted by molar-refractivity contribution is 0.554. The SMILES string of the molecule is O=c1oc2c(c3c1CCC3)c(=O)[nH]c1c(Cl)ccc(Cl)c12. The van der Waals surface area contributed by atoms with E-state index in [4.69, 9.17) is 27.6 Å². The van der Waals surface area contributed by atoms with Gasteiger partial charge in [-0.1, -0.05) is 23.2 Å². The van der Waals surface area contributed by atoms with E-state index in [0.29, 0.717) is 44.7 Å². The molecule has 1 N–H and O–H groups in total. The molecule has 1 aliphatic rings. The second-order valence-electron chi connectivity index (χ2n) is 5.14. The number of nitrogens with one attached hydrogen (secondary N) is 1. The summed E-state index contributed by atoms with van der Waals surface area (Å²) in [5, 5.41) is 1.64. The Bertz CT molecular complexity index is 1030. The van der Waals surface area contributed by atoms with Crippen molar-refractivity contribution in [1.82, 2.24) is 4.98 Å². The first-order chi connectivity index (χ1) is 10.1. The Morgan fingerprint density at radius 1 is 1.00 bits per heavy atom. The van der Waals surface area contributed by atoms with Gasteiger partial charge >= 0.3 is 5.63 Å². The van der Waals surface area contributed by atoms with Gasteiger partial charge in [-0.2, -0.15) is 0 Å².